The van der Waals surface area contributed by atoms with E-state index in [1.54, 1.807) is 11.3 Å². The Kier molecular flexibility index (Phi) is 6.26. The molecule has 0 fully saturated rings. The summed E-state index contributed by atoms with van der Waals surface area (Å²) in [6.45, 7) is 0.674. The lowest BCUT2D eigenvalue weighted by atomic mass is 10.1. The van der Waals surface area contributed by atoms with Crippen LogP contribution in [0.15, 0.2) is 40.2 Å². The second kappa shape index (κ2) is 8.20. The van der Waals surface area contributed by atoms with Gasteiger partial charge in [0.1, 0.15) is 0 Å². The van der Waals surface area contributed by atoms with Crippen LogP contribution in [0.25, 0.3) is 0 Å². The van der Waals surface area contributed by atoms with Crippen LogP contribution in [0, 0.1) is 0 Å². The molecule has 0 bridgehead atoms. The first-order valence-electron chi connectivity index (χ1n) is 6.99. The van der Waals surface area contributed by atoms with Crippen LogP contribution in [0.1, 0.15) is 23.3 Å². The zero-order chi connectivity index (χ0) is 15.1. The van der Waals surface area contributed by atoms with Crippen molar-refractivity contribution in [2.45, 2.75) is 25.7 Å². The maximum Gasteiger partial charge on any atom is 0.220 e. The SMILES string of the molecule is Nc1ccc(CCNC(=O)CCCc2ccc(Br)s2)cc1. The first-order chi connectivity index (χ1) is 10.1. The Balaban J connectivity index is 1.60. The maximum absolute atomic E-state index is 11.7. The van der Waals surface area contributed by atoms with Gasteiger partial charge < -0.3 is 11.1 Å². The minimum atomic E-state index is 0.126. The summed E-state index contributed by atoms with van der Waals surface area (Å²) in [6.07, 6.45) is 3.27. The molecular formula is C16H19BrN2OS. The normalized spacial score (nSPS) is 10.5. The third-order valence-electron chi connectivity index (χ3n) is 3.17. The number of amides is 1. The van der Waals surface area contributed by atoms with Gasteiger partial charge in [0.2, 0.25) is 5.91 Å². The summed E-state index contributed by atoms with van der Waals surface area (Å²) in [5.41, 5.74) is 7.59. The van der Waals surface area contributed by atoms with E-state index in [1.165, 1.54) is 10.4 Å². The monoisotopic (exact) mass is 366 g/mol. The molecule has 0 radical (unpaired) electrons. The summed E-state index contributed by atoms with van der Waals surface area (Å²) in [7, 11) is 0. The average Bonchev–Trinajstić information content (AvgIpc) is 2.87. The van der Waals surface area contributed by atoms with Crippen molar-refractivity contribution in [1.82, 2.24) is 5.32 Å². The van der Waals surface area contributed by atoms with Crippen LogP contribution in [0.3, 0.4) is 0 Å². The number of halogens is 1. The first-order valence-corrected chi connectivity index (χ1v) is 8.60. The van der Waals surface area contributed by atoms with Crippen LogP contribution in [0.2, 0.25) is 0 Å². The molecule has 112 valence electrons. The van der Waals surface area contributed by atoms with Crippen molar-refractivity contribution in [2.24, 2.45) is 0 Å². The van der Waals surface area contributed by atoms with Crippen molar-refractivity contribution in [3.05, 3.63) is 50.6 Å². The molecule has 1 aromatic heterocycles. The molecule has 0 unspecified atom stereocenters. The van der Waals surface area contributed by atoms with Crippen molar-refractivity contribution >= 4 is 38.9 Å². The Morgan fingerprint density at radius 3 is 2.57 bits per heavy atom. The highest BCUT2D eigenvalue weighted by molar-refractivity contribution is 9.11. The largest absolute Gasteiger partial charge is 0.399 e. The molecule has 0 aliphatic heterocycles. The van der Waals surface area contributed by atoms with Gasteiger partial charge in [-0.2, -0.15) is 0 Å². The third-order valence-corrected chi connectivity index (χ3v) is 4.85. The minimum absolute atomic E-state index is 0.126. The van der Waals surface area contributed by atoms with Gasteiger partial charge in [0.05, 0.1) is 3.79 Å². The van der Waals surface area contributed by atoms with Crippen molar-refractivity contribution in [2.75, 3.05) is 12.3 Å². The minimum Gasteiger partial charge on any atom is -0.399 e. The van der Waals surface area contributed by atoms with Crippen molar-refractivity contribution in [3.8, 4) is 0 Å². The second-order valence-electron chi connectivity index (χ2n) is 4.90. The Morgan fingerprint density at radius 2 is 1.90 bits per heavy atom. The molecule has 3 nitrogen and oxygen atoms in total. The Morgan fingerprint density at radius 1 is 1.14 bits per heavy atom. The predicted molar refractivity (Wildman–Crippen MR) is 92.5 cm³/mol. The van der Waals surface area contributed by atoms with Gasteiger partial charge in [0, 0.05) is 23.5 Å². The third kappa shape index (κ3) is 5.89. The molecule has 0 atom stereocenters. The lowest BCUT2D eigenvalue weighted by Gasteiger charge is -2.05. The Labute approximate surface area is 137 Å². The van der Waals surface area contributed by atoms with Crippen molar-refractivity contribution in [1.29, 1.82) is 0 Å². The van der Waals surface area contributed by atoms with E-state index in [-0.39, 0.29) is 5.91 Å². The highest BCUT2D eigenvalue weighted by atomic mass is 79.9. The number of benzene rings is 1. The van der Waals surface area contributed by atoms with Gasteiger partial charge in [-0.15, -0.1) is 11.3 Å². The number of hydrogen-bond acceptors (Lipinski definition) is 3. The summed E-state index contributed by atoms with van der Waals surface area (Å²) >= 11 is 5.18. The van der Waals surface area contributed by atoms with E-state index in [0.717, 1.165) is 28.7 Å². The Bertz CT molecular complexity index is 580. The zero-order valence-electron chi connectivity index (χ0n) is 11.8. The van der Waals surface area contributed by atoms with Crippen LogP contribution < -0.4 is 11.1 Å². The number of anilines is 1. The zero-order valence-corrected chi connectivity index (χ0v) is 14.2. The molecule has 3 N–H and O–H groups in total. The van der Waals surface area contributed by atoms with Gasteiger partial charge in [-0.1, -0.05) is 12.1 Å². The summed E-state index contributed by atoms with van der Waals surface area (Å²) in [4.78, 5) is 13.1. The van der Waals surface area contributed by atoms with E-state index in [4.69, 9.17) is 5.73 Å². The quantitative estimate of drug-likeness (QED) is 0.732. The fourth-order valence-electron chi connectivity index (χ4n) is 2.03. The predicted octanol–water partition coefficient (Wildman–Crippen LogP) is 3.77. The molecule has 0 saturated carbocycles. The van der Waals surface area contributed by atoms with E-state index < -0.39 is 0 Å². The van der Waals surface area contributed by atoms with Crippen LogP contribution in [0.5, 0.6) is 0 Å². The fraction of sp³-hybridized carbons (Fsp3) is 0.312. The summed E-state index contributed by atoms with van der Waals surface area (Å²) in [5, 5.41) is 2.96. The highest BCUT2D eigenvalue weighted by Gasteiger charge is 2.03. The number of nitrogen functional groups attached to an aromatic ring is 1. The van der Waals surface area contributed by atoms with Crippen LogP contribution in [-0.2, 0) is 17.6 Å². The average molecular weight is 367 g/mol. The molecule has 1 heterocycles. The molecule has 0 saturated heterocycles. The van der Waals surface area contributed by atoms with E-state index in [1.807, 2.05) is 30.3 Å². The van der Waals surface area contributed by atoms with Crippen LogP contribution >= 0.6 is 27.3 Å². The summed E-state index contributed by atoms with van der Waals surface area (Å²) in [5.74, 6) is 0.126. The van der Waals surface area contributed by atoms with Crippen LogP contribution in [0.4, 0.5) is 5.69 Å². The molecule has 1 aromatic carbocycles. The van der Waals surface area contributed by atoms with Gasteiger partial charge in [0.15, 0.2) is 0 Å². The number of nitrogens with two attached hydrogens (primary N) is 1. The number of hydrogen-bond donors (Lipinski definition) is 2. The van der Waals surface area contributed by atoms with Crippen LogP contribution in [-0.4, -0.2) is 12.5 Å². The van der Waals surface area contributed by atoms with Gasteiger partial charge in [-0.05, 0) is 65.0 Å². The van der Waals surface area contributed by atoms with Crippen molar-refractivity contribution < 1.29 is 4.79 Å². The van der Waals surface area contributed by atoms with E-state index in [9.17, 15) is 4.79 Å². The number of nitrogens with one attached hydrogen (secondary N) is 1. The number of aryl methyl sites for hydroxylation is 1. The van der Waals surface area contributed by atoms with E-state index in [2.05, 4.69) is 27.3 Å². The van der Waals surface area contributed by atoms with E-state index in [0.29, 0.717) is 13.0 Å². The number of thiophene rings is 1. The molecule has 0 aliphatic rings. The van der Waals surface area contributed by atoms with E-state index >= 15 is 0 Å². The molecule has 1 amide bonds. The summed E-state index contributed by atoms with van der Waals surface area (Å²) < 4.78 is 1.14. The number of carbonyl (C=O) groups excluding carboxylic acids is 1. The highest BCUT2D eigenvalue weighted by Crippen LogP contribution is 2.23. The number of rotatable bonds is 7. The lowest BCUT2D eigenvalue weighted by Crippen LogP contribution is -2.25. The molecule has 5 heteroatoms. The molecule has 2 rings (SSSR count). The molecular weight excluding hydrogens is 348 g/mol. The topological polar surface area (TPSA) is 55.1 Å². The van der Waals surface area contributed by atoms with Gasteiger partial charge in [-0.3, -0.25) is 4.79 Å². The van der Waals surface area contributed by atoms with Gasteiger partial charge in [0.25, 0.3) is 0 Å². The van der Waals surface area contributed by atoms with Gasteiger partial charge >= 0.3 is 0 Å². The first kappa shape index (κ1) is 16.0. The second-order valence-corrected chi connectivity index (χ2v) is 7.45. The molecule has 2 aromatic rings. The van der Waals surface area contributed by atoms with Crippen molar-refractivity contribution in [3.63, 3.8) is 0 Å². The maximum atomic E-state index is 11.7. The van der Waals surface area contributed by atoms with Gasteiger partial charge in [-0.25, -0.2) is 0 Å². The fourth-order valence-corrected chi connectivity index (χ4v) is 3.55. The smallest absolute Gasteiger partial charge is 0.220 e. The molecule has 0 aliphatic carbocycles. The molecule has 21 heavy (non-hydrogen) atoms. The molecule has 0 spiro atoms. The lowest BCUT2D eigenvalue weighted by molar-refractivity contribution is -0.121. The standard InChI is InChI=1S/C16H19BrN2OS/c17-15-9-8-14(21-15)2-1-3-16(20)19-11-10-12-4-6-13(18)7-5-12/h4-9H,1-3,10-11,18H2,(H,19,20). The number of carbonyl (C=O) groups is 1. The Hall–Kier alpha value is -1.33. The summed E-state index contributed by atoms with van der Waals surface area (Å²) in [6, 6.07) is 11.9.